The van der Waals surface area contributed by atoms with Crippen LogP contribution < -0.4 is 0 Å². The molecule has 0 spiro atoms. The lowest BCUT2D eigenvalue weighted by atomic mass is 9.87. The average molecular weight is 262 g/mol. The van der Waals surface area contributed by atoms with Crippen LogP contribution in [0.4, 0.5) is 0 Å². The van der Waals surface area contributed by atoms with Crippen molar-refractivity contribution in [3.05, 3.63) is 35.5 Å². The summed E-state index contributed by atoms with van der Waals surface area (Å²) in [4.78, 5) is 0. The third-order valence-corrected chi connectivity index (χ3v) is 4.59. The number of benzene rings is 1. The van der Waals surface area contributed by atoms with E-state index in [0.717, 1.165) is 17.5 Å². The lowest BCUT2D eigenvalue weighted by molar-refractivity contribution is 0.325. The summed E-state index contributed by atoms with van der Waals surface area (Å²) in [5.41, 5.74) is 1.28. The minimum Gasteiger partial charge on any atom is -0.347 e. The molecule has 1 aromatic carbocycles. The fraction of sp³-hybridized carbons (Fsp3) is 0.500. The van der Waals surface area contributed by atoms with Gasteiger partial charge in [0.05, 0.1) is 0 Å². The molecule has 96 valence electrons. The zero-order valence-electron chi connectivity index (χ0n) is 10.7. The van der Waals surface area contributed by atoms with E-state index < -0.39 is 0 Å². The average Bonchev–Trinajstić information content (AvgIpc) is 2.82. The van der Waals surface area contributed by atoms with Crippen molar-refractivity contribution in [3.63, 3.8) is 0 Å². The van der Waals surface area contributed by atoms with E-state index in [-0.39, 0.29) is 0 Å². The van der Waals surface area contributed by atoms with Gasteiger partial charge in [0.2, 0.25) is 0 Å². The van der Waals surface area contributed by atoms with Crippen molar-refractivity contribution in [2.75, 3.05) is 0 Å². The minimum absolute atomic E-state index is 0.865. The molecule has 0 bridgehead atoms. The second kappa shape index (κ2) is 5.36. The Balaban J connectivity index is 1.72. The largest absolute Gasteiger partial charge is 0.347 e. The summed E-state index contributed by atoms with van der Waals surface area (Å²) in [6.07, 6.45) is 10.7. The minimum atomic E-state index is 0.865. The van der Waals surface area contributed by atoms with Crippen LogP contribution >= 0.6 is 11.6 Å². The Hall–Kier alpha value is -0.950. The molecule has 1 heterocycles. The molecule has 1 saturated carbocycles. The number of halogens is 1. The highest BCUT2D eigenvalue weighted by Gasteiger charge is 2.13. The Labute approximate surface area is 114 Å². The van der Waals surface area contributed by atoms with Crippen LogP contribution in [0.1, 0.15) is 38.5 Å². The van der Waals surface area contributed by atoms with E-state index in [1.165, 1.54) is 49.4 Å². The topological polar surface area (TPSA) is 4.93 Å². The van der Waals surface area contributed by atoms with Gasteiger partial charge < -0.3 is 4.57 Å². The quantitative estimate of drug-likeness (QED) is 0.710. The Morgan fingerprint density at radius 1 is 1.11 bits per heavy atom. The van der Waals surface area contributed by atoms with Crippen molar-refractivity contribution >= 4 is 22.5 Å². The molecule has 2 heteroatoms. The molecule has 1 nitrogen and oxygen atoms in total. The first-order valence-corrected chi connectivity index (χ1v) is 7.46. The van der Waals surface area contributed by atoms with Crippen molar-refractivity contribution in [2.24, 2.45) is 5.92 Å². The molecule has 0 aliphatic heterocycles. The fourth-order valence-corrected chi connectivity index (χ4v) is 3.41. The predicted octanol–water partition coefficient (Wildman–Crippen LogP) is 5.27. The SMILES string of the molecule is Clc1cccc2c1ccn2CCC1CCCCC1. The van der Waals surface area contributed by atoms with E-state index in [1.807, 2.05) is 12.1 Å². The van der Waals surface area contributed by atoms with Crippen LogP contribution in [0.15, 0.2) is 30.5 Å². The van der Waals surface area contributed by atoms with Crippen LogP contribution in [0, 0.1) is 5.92 Å². The second-order valence-corrected chi connectivity index (χ2v) is 5.88. The maximum atomic E-state index is 6.21. The van der Waals surface area contributed by atoms with Crippen LogP contribution in [0.25, 0.3) is 10.9 Å². The lowest BCUT2D eigenvalue weighted by Crippen LogP contribution is -2.09. The molecule has 0 unspecified atom stereocenters. The van der Waals surface area contributed by atoms with E-state index in [0.29, 0.717) is 0 Å². The fourth-order valence-electron chi connectivity index (χ4n) is 3.18. The summed E-state index contributed by atoms with van der Waals surface area (Å²) in [7, 11) is 0. The van der Waals surface area contributed by atoms with E-state index in [9.17, 15) is 0 Å². The number of fused-ring (bicyclic) bond motifs is 1. The van der Waals surface area contributed by atoms with Gasteiger partial charge in [-0.1, -0.05) is 49.8 Å². The molecule has 0 saturated heterocycles. The van der Waals surface area contributed by atoms with Gasteiger partial charge in [-0.15, -0.1) is 0 Å². The summed E-state index contributed by atoms with van der Waals surface area (Å²) in [6.45, 7) is 1.13. The van der Waals surface area contributed by atoms with Crippen LogP contribution in [-0.4, -0.2) is 4.57 Å². The maximum Gasteiger partial charge on any atom is 0.0499 e. The molecule has 0 amide bonds. The third kappa shape index (κ3) is 2.42. The summed E-state index contributed by atoms with van der Waals surface area (Å²) in [5.74, 6) is 0.940. The number of rotatable bonds is 3. The molecular formula is C16H20ClN. The molecular weight excluding hydrogens is 242 g/mol. The molecule has 1 fully saturated rings. The zero-order chi connectivity index (χ0) is 12.4. The van der Waals surface area contributed by atoms with Crippen molar-refractivity contribution in [1.29, 1.82) is 0 Å². The first-order valence-electron chi connectivity index (χ1n) is 7.08. The highest BCUT2D eigenvalue weighted by Crippen LogP contribution is 2.28. The first kappa shape index (κ1) is 12.1. The summed E-state index contributed by atoms with van der Waals surface area (Å²) < 4.78 is 2.36. The molecule has 0 N–H and O–H groups in total. The normalized spacial score (nSPS) is 17.4. The summed E-state index contributed by atoms with van der Waals surface area (Å²) >= 11 is 6.21. The first-order chi connectivity index (χ1) is 8.84. The van der Waals surface area contributed by atoms with Gasteiger partial charge in [0.1, 0.15) is 0 Å². The molecule has 1 aromatic heterocycles. The Bertz CT molecular complexity index is 523. The Morgan fingerprint density at radius 2 is 1.94 bits per heavy atom. The summed E-state index contributed by atoms with van der Waals surface area (Å²) in [5, 5.41) is 2.05. The standard InChI is InChI=1S/C16H20ClN/c17-15-7-4-8-16-14(15)10-12-18(16)11-9-13-5-2-1-3-6-13/h4,7-8,10,12-13H,1-3,5-6,9,11H2. The highest BCUT2D eigenvalue weighted by molar-refractivity contribution is 6.35. The van der Waals surface area contributed by atoms with Crippen molar-refractivity contribution in [1.82, 2.24) is 4.57 Å². The van der Waals surface area contributed by atoms with Gasteiger partial charge in [-0.3, -0.25) is 0 Å². The van der Waals surface area contributed by atoms with Gasteiger partial charge in [-0.2, -0.15) is 0 Å². The Kier molecular flexibility index (Phi) is 3.60. The van der Waals surface area contributed by atoms with Crippen LogP contribution in [-0.2, 0) is 6.54 Å². The molecule has 0 atom stereocenters. The molecule has 3 rings (SSSR count). The molecule has 1 aliphatic carbocycles. The van der Waals surface area contributed by atoms with Crippen molar-refractivity contribution in [3.8, 4) is 0 Å². The van der Waals surface area contributed by atoms with E-state index in [1.54, 1.807) is 0 Å². The third-order valence-electron chi connectivity index (χ3n) is 4.26. The summed E-state index contributed by atoms with van der Waals surface area (Å²) in [6, 6.07) is 8.32. The maximum absolute atomic E-state index is 6.21. The lowest BCUT2D eigenvalue weighted by Gasteiger charge is -2.21. The number of hydrogen-bond donors (Lipinski definition) is 0. The van der Waals surface area contributed by atoms with Crippen LogP contribution in [0.5, 0.6) is 0 Å². The molecule has 2 aromatic rings. The Morgan fingerprint density at radius 3 is 2.78 bits per heavy atom. The van der Waals surface area contributed by atoms with Crippen LogP contribution in [0.3, 0.4) is 0 Å². The van der Waals surface area contributed by atoms with E-state index in [2.05, 4.69) is 22.9 Å². The van der Waals surface area contributed by atoms with Gasteiger partial charge in [-0.25, -0.2) is 0 Å². The zero-order valence-corrected chi connectivity index (χ0v) is 11.5. The number of nitrogens with zero attached hydrogens (tertiary/aromatic N) is 1. The highest BCUT2D eigenvalue weighted by atomic mass is 35.5. The predicted molar refractivity (Wildman–Crippen MR) is 78.1 cm³/mol. The molecule has 18 heavy (non-hydrogen) atoms. The van der Waals surface area contributed by atoms with Gasteiger partial charge in [0.15, 0.2) is 0 Å². The number of aryl methyl sites for hydroxylation is 1. The van der Waals surface area contributed by atoms with Gasteiger partial charge >= 0.3 is 0 Å². The molecule has 0 radical (unpaired) electrons. The van der Waals surface area contributed by atoms with Crippen LogP contribution in [0.2, 0.25) is 5.02 Å². The van der Waals surface area contributed by atoms with E-state index >= 15 is 0 Å². The van der Waals surface area contributed by atoms with Gasteiger partial charge in [-0.05, 0) is 30.5 Å². The monoisotopic (exact) mass is 261 g/mol. The smallest absolute Gasteiger partial charge is 0.0499 e. The number of aromatic nitrogens is 1. The second-order valence-electron chi connectivity index (χ2n) is 5.47. The van der Waals surface area contributed by atoms with E-state index in [4.69, 9.17) is 11.6 Å². The van der Waals surface area contributed by atoms with Crippen molar-refractivity contribution < 1.29 is 0 Å². The number of hydrogen-bond acceptors (Lipinski definition) is 0. The van der Waals surface area contributed by atoms with Crippen molar-refractivity contribution in [2.45, 2.75) is 45.1 Å². The van der Waals surface area contributed by atoms with Gasteiger partial charge in [0, 0.05) is 28.7 Å². The van der Waals surface area contributed by atoms with Gasteiger partial charge in [0.25, 0.3) is 0 Å². The molecule has 1 aliphatic rings.